The van der Waals surface area contributed by atoms with Gasteiger partial charge >= 0.3 is 0 Å². The molecule has 0 amide bonds. The number of hydrogen-bond donors (Lipinski definition) is 1. The lowest BCUT2D eigenvalue weighted by Crippen LogP contribution is -2.37. The average Bonchev–Trinajstić information content (AvgIpc) is 2.67. The largest absolute Gasteiger partial charge is 0.391 e. The van der Waals surface area contributed by atoms with Crippen molar-refractivity contribution in [2.24, 2.45) is 0 Å². The molecule has 0 radical (unpaired) electrons. The molecule has 0 unspecified atom stereocenters. The van der Waals surface area contributed by atoms with Crippen LogP contribution in [0.15, 0.2) is 10.3 Å². The molecular weight excluding hydrogens is 270 g/mol. The molecule has 0 spiro atoms. The molecule has 0 fully saturated rings. The normalized spacial score (nSPS) is 12.6. The van der Waals surface area contributed by atoms with Crippen LogP contribution >= 0.6 is 11.3 Å². The Morgan fingerprint density at radius 3 is 2.44 bits per heavy atom. The van der Waals surface area contributed by atoms with Gasteiger partial charge in [-0.25, -0.2) is 8.42 Å². The summed E-state index contributed by atoms with van der Waals surface area (Å²) in [6.07, 6.45) is 0.786. The van der Waals surface area contributed by atoms with Crippen LogP contribution in [0.5, 0.6) is 0 Å². The van der Waals surface area contributed by atoms with Crippen LogP contribution in [0.3, 0.4) is 0 Å². The zero-order chi connectivity index (χ0) is 13.9. The Hall–Kier alpha value is -0.430. The minimum Gasteiger partial charge on any atom is -0.391 e. The summed E-state index contributed by atoms with van der Waals surface area (Å²) in [5.41, 5.74) is 0.835. The third-order valence-corrected chi connectivity index (χ3v) is 6.47. The maximum Gasteiger partial charge on any atom is 0.252 e. The fraction of sp³-hybridized carbons (Fsp3) is 0.667. The predicted octanol–water partition coefficient (Wildman–Crippen LogP) is 2.36. The Morgan fingerprint density at radius 2 is 2.06 bits per heavy atom. The highest BCUT2D eigenvalue weighted by Gasteiger charge is 2.28. The van der Waals surface area contributed by atoms with Gasteiger partial charge in [-0.2, -0.15) is 4.31 Å². The van der Waals surface area contributed by atoms with Crippen molar-refractivity contribution in [1.82, 2.24) is 4.31 Å². The van der Waals surface area contributed by atoms with E-state index in [1.165, 1.54) is 4.31 Å². The molecule has 0 bridgehead atoms. The SMILES string of the molecule is CCCN(C(C)C)S(=O)(=O)c1cc(C)c(CO)s1. The molecule has 0 atom stereocenters. The van der Waals surface area contributed by atoms with Crippen LogP contribution in [0.1, 0.15) is 37.6 Å². The minimum absolute atomic E-state index is 0.0602. The van der Waals surface area contributed by atoms with Crippen LogP contribution in [0, 0.1) is 6.92 Å². The third kappa shape index (κ3) is 3.12. The molecule has 1 rings (SSSR count). The van der Waals surface area contributed by atoms with Crippen molar-refractivity contribution < 1.29 is 13.5 Å². The Kier molecular flexibility index (Phi) is 5.33. The van der Waals surface area contributed by atoms with E-state index in [4.69, 9.17) is 5.11 Å². The van der Waals surface area contributed by atoms with Gasteiger partial charge in [0.2, 0.25) is 0 Å². The topological polar surface area (TPSA) is 57.6 Å². The van der Waals surface area contributed by atoms with E-state index < -0.39 is 10.0 Å². The van der Waals surface area contributed by atoms with Crippen molar-refractivity contribution in [1.29, 1.82) is 0 Å². The number of sulfonamides is 1. The zero-order valence-electron chi connectivity index (χ0n) is 11.3. The maximum absolute atomic E-state index is 12.5. The van der Waals surface area contributed by atoms with Gasteiger partial charge in [0.05, 0.1) is 6.61 Å². The monoisotopic (exact) mass is 291 g/mol. The standard InChI is InChI=1S/C12H21NO3S2/c1-5-6-13(9(2)3)18(15,16)12-7-10(4)11(8-14)17-12/h7,9,14H,5-6,8H2,1-4H3. The number of nitrogens with zero attached hydrogens (tertiary/aromatic N) is 1. The molecule has 18 heavy (non-hydrogen) atoms. The smallest absolute Gasteiger partial charge is 0.252 e. The summed E-state index contributed by atoms with van der Waals surface area (Å²) in [7, 11) is -3.43. The van der Waals surface area contributed by atoms with Crippen molar-refractivity contribution in [3.05, 3.63) is 16.5 Å². The highest BCUT2D eigenvalue weighted by molar-refractivity contribution is 7.91. The van der Waals surface area contributed by atoms with Gasteiger partial charge in [-0.15, -0.1) is 11.3 Å². The molecule has 0 aliphatic carbocycles. The van der Waals surface area contributed by atoms with Crippen molar-refractivity contribution in [3.8, 4) is 0 Å². The molecule has 0 aromatic carbocycles. The van der Waals surface area contributed by atoms with Crippen LogP contribution in [0.4, 0.5) is 0 Å². The number of hydrogen-bond acceptors (Lipinski definition) is 4. The average molecular weight is 291 g/mol. The lowest BCUT2D eigenvalue weighted by molar-refractivity contribution is 0.285. The number of thiophene rings is 1. The van der Waals surface area contributed by atoms with Crippen molar-refractivity contribution in [2.75, 3.05) is 6.54 Å². The third-order valence-electron chi connectivity index (χ3n) is 2.72. The van der Waals surface area contributed by atoms with Gasteiger partial charge in [-0.1, -0.05) is 6.92 Å². The molecular formula is C12H21NO3S2. The van der Waals surface area contributed by atoms with E-state index >= 15 is 0 Å². The van der Waals surface area contributed by atoms with Gasteiger partial charge in [0, 0.05) is 17.5 Å². The molecule has 0 aliphatic heterocycles. The quantitative estimate of drug-likeness (QED) is 0.875. The summed E-state index contributed by atoms with van der Waals surface area (Å²) in [5.74, 6) is 0. The number of aliphatic hydroxyl groups excluding tert-OH is 1. The second-order valence-corrected chi connectivity index (χ2v) is 7.79. The van der Waals surface area contributed by atoms with Crippen molar-refractivity contribution in [2.45, 2.75) is 51.0 Å². The van der Waals surface area contributed by atoms with Crippen LogP contribution in [0.2, 0.25) is 0 Å². The van der Waals surface area contributed by atoms with Gasteiger partial charge < -0.3 is 5.11 Å². The first-order valence-electron chi connectivity index (χ1n) is 6.06. The van der Waals surface area contributed by atoms with Gasteiger partial charge in [-0.05, 0) is 38.8 Å². The first kappa shape index (κ1) is 15.6. The molecule has 0 saturated carbocycles. The van der Waals surface area contributed by atoms with Gasteiger partial charge in [0.1, 0.15) is 4.21 Å². The number of aliphatic hydroxyl groups is 1. The van der Waals surface area contributed by atoms with Crippen LogP contribution in [-0.4, -0.2) is 30.4 Å². The highest BCUT2D eigenvalue weighted by Crippen LogP contribution is 2.29. The van der Waals surface area contributed by atoms with Crippen LogP contribution in [-0.2, 0) is 16.6 Å². The van der Waals surface area contributed by atoms with Crippen molar-refractivity contribution >= 4 is 21.4 Å². The molecule has 0 saturated heterocycles. The van der Waals surface area contributed by atoms with E-state index in [0.717, 1.165) is 23.3 Å². The van der Waals surface area contributed by atoms with Gasteiger partial charge in [0.15, 0.2) is 0 Å². The Morgan fingerprint density at radius 1 is 1.44 bits per heavy atom. The minimum atomic E-state index is -3.43. The highest BCUT2D eigenvalue weighted by atomic mass is 32.2. The first-order valence-corrected chi connectivity index (χ1v) is 8.32. The Balaban J connectivity index is 3.17. The van der Waals surface area contributed by atoms with E-state index in [0.29, 0.717) is 15.6 Å². The summed E-state index contributed by atoms with van der Waals surface area (Å²) in [6, 6.07) is 1.59. The van der Waals surface area contributed by atoms with E-state index in [-0.39, 0.29) is 12.6 Å². The van der Waals surface area contributed by atoms with E-state index in [1.807, 2.05) is 27.7 Å². The summed E-state index contributed by atoms with van der Waals surface area (Å²) in [6.45, 7) is 7.94. The first-order chi connectivity index (χ1) is 8.34. The fourth-order valence-corrected chi connectivity index (χ4v) is 5.07. The molecule has 1 aromatic rings. The Labute approximate surface area is 113 Å². The lowest BCUT2D eigenvalue weighted by Gasteiger charge is -2.24. The zero-order valence-corrected chi connectivity index (χ0v) is 12.9. The molecule has 0 aliphatic rings. The number of aryl methyl sites for hydroxylation is 1. The molecule has 6 heteroatoms. The second kappa shape index (κ2) is 6.14. The van der Waals surface area contributed by atoms with Crippen molar-refractivity contribution in [3.63, 3.8) is 0 Å². The van der Waals surface area contributed by atoms with Gasteiger partial charge in [0.25, 0.3) is 10.0 Å². The van der Waals surface area contributed by atoms with Gasteiger partial charge in [-0.3, -0.25) is 0 Å². The predicted molar refractivity (Wildman–Crippen MR) is 74.3 cm³/mol. The van der Waals surface area contributed by atoms with E-state index in [9.17, 15) is 8.42 Å². The molecule has 1 heterocycles. The fourth-order valence-electron chi connectivity index (χ4n) is 1.76. The summed E-state index contributed by atoms with van der Waals surface area (Å²) < 4.78 is 26.8. The molecule has 104 valence electrons. The number of rotatable bonds is 6. The molecule has 4 nitrogen and oxygen atoms in total. The maximum atomic E-state index is 12.5. The summed E-state index contributed by atoms with van der Waals surface area (Å²) in [5, 5.41) is 9.15. The van der Waals surface area contributed by atoms with E-state index in [2.05, 4.69) is 0 Å². The Bertz CT molecular complexity index is 491. The molecule has 1 N–H and O–H groups in total. The molecule has 1 aromatic heterocycles. The lowest BCUT2D eigenvalue weighted by atomic mass is 10.3. The van der Waals surface area contributed by atoms with Crippen LogP contribution in [0.25, 0.3) is 0 Å². The second-order valence-electron chi connectivity index (χ2n) is 4.54. The van der Waals surface area contributed by atoms with E-state index in [1.54, 1.807) is 6.07 Å². The van der Waals surface area contributed by atoms with Crippen LogP contribution < -0.4 is 0 Å². The summed E-state index contributed by atoms with van der Waals surface area (Å²) >= 11 is 1.16. The summed E-state index contributed by atoms with van der Waals surface area (Å²) in [4.78, 5) is 0.716.